The Labute approximate surface area is 799 Å². The minimum atomic E-state index is -2.26. The van der Waals surface area contributed by atoms with Gasteiger partial charge in [-0.25, -0.2) is 4.79 Å². The lowest BCUT2D eigenvalue weighted by Gasteiger charge is -2.71. The predicted molar refractivity (Wildman–Crippen MR) is 461 cm³/mol. The summed E-state index contributed by atoms with van der Waals surface area (Å²) in [4.78, 5) is 72.1. The van der Waals surface area contributed by atoms with Gasteiger partial charge in [0.25, 0.3) is 0 Å². The van der Waals surface area contributed by atoms with Gasteiger partial charge in [-0.3, -0.25) is 14.4 Å². The van der Waals surface area contributed by atoms with Crippen LogP contribution in [0, 0.1) is 62.1 Å². The van der Waals surface area contributed by atoms with Crippen molar-refractivity contribution in [3.8, 4) is 0 Å². The molecule has 8 aliphatic heterocycles. The number of carbonyl (C=O) groups is 5. The van der Waals surface area contributed by atoms with E-state index in [0.29, 0.717) is 57.8 Å². The quantitative estimate of drug-likeness (QED) is 0.00953. The number of aliphatic carboxylic acids is 1. The van der Waals surface area contributed by atoms with E-state index < -0.39 is 371 Å². The third-order valence-electron chi connectivity index (χ3n) is 33.4. The summed E-state index contributed by atoms with van der Waals surface area (Å²) in [5, 5.41) is 247. The molecule has 0 radical (unpaired) electrons. The molecule has 13 rings (SSSR count). The van der Waals surface area contributed by atoms with Gasteiger partial charge < -0.3 is 202 Å². The first kappa shape index (κ1) is 111. The molecule has 0 bridgehead atoms. The molecular formula is C93H150O45. The topological polar surface area (TPSA) is 697 Å². The van der Waals surface area contributed by atoms with E-state index in [1.54, 1.807) is 27.7 Å². The van der Waals surface area contributed by atoms with Crippen LogP contribution >= 0.6 is 0 Å². The fourth-order valence-electron chi connectivity index (χ4n) is 24.3. The summed E-state index contributed by atoms with van der Waals surface area (Å²) in [6, 6.07) is 0. The smallest absolute Gasteiger partial charge is 0.335 e. The number of allylic oxidation sites excluding steroid dienone is 2. The first-order valence-corrected chi connectivity index (χ1v) is 48.7. The Hall–Kier alpha value is -4.15. The van der Waals surface area contributed by atoms with E-state index in [2.05, 4.69) is 26.8 Å². The Balaban J connectivity index is 0.748. The van der Waals surface area contributed by atoms with Crippen LogP contribution in [-0.4, -0.2) is 427 Å². The van der Waals surface area contributed by atoms with Crippen LogP contribution in [0.1, 0.15) is 193 Å². The van der Waals surface area contributed by atoms with Gasteiger partial charge in [-0.05, 0) is 129 Å². The summed E-state index contributed by atoms with van der Waals surface area (Å²) in [5.41, 5.74) is -5.50. The summed E-state index contributed by atoms with van der Waals surface area (Å²) in [6.45, 7) is 21.2. The molecule has 4 saturated carbocycles. The lowest BCUT2D eigenvalue weighted by Crippen LogP contribution is -2.69. The van der Waals surface area contributed by atoms with Crippen LogP contribution in [0.15, 0.2) is 11.6 Å². The highest BCUT2D eigenvalue weighted by Crippen LogP contribution is 2.76. The van der Waals surface area contributed by atoms with Crippen molar-refractivity contribution >= 4 is 30.2 Å². The molecule has 792 valence electrons. The molecule has 8 saturated heterocycles. The molecule has 13 aliphatic rings. The number of ether oxygens (including phenoxy) is 18. The van der Waals surface area contributed by atoms with Crippen LogP contribution in [0.5, 0.6) is 0 Å². The highest BCUT2D eigenvalue weighted by Gasteiger charge is 2.74. The van der Waals surface area contributed by atoms with Gasteiger partial charge in [0.15, 0.2) is 62.3 Å². The van der Waals surface area contributed by atoms with E-state index in [1.165, 1.54) is 13.8 Å². The van der Waals surface area contributed by atoms with Gasteiger partial charge in [-0.15, -0.1) is 0 Å². The fourth-order valence-corrected chi connectivity index (χ4v) is 24.3. The Bertz CT molecular complexity index is 4080. The average Bonchev–Trinajstić information content (AvgIpc) is 0.710. The fraction of sp³-hybridized carbons (Fsp3) is 0.925. The molecule has 5 aliphatic carbocycles. The molecule has 0 aromatic rings. The number of carboxylic acid groups (broad SMARTS) is 1. The first-order chi connectivity index (χ1) is 64.8. The third-order valence-corrected chi connectivity index (χ3v) is 33.4. The average molecular weight is 1990 g/mol. The predicted octanol–water partition coefficient (Wildman–Crippen LogP) is -4.27. The lowest BCUT2D eigenvalue weighted by molar-refractivity contribution is -0.391. The number of esters is 3. The normalized spacial score (nSPS) is 48.8. The Morgan fingerprint density at radius 3 is 1.60 bits per heavy atom. The lowest BCUT2D eigenvalue weighted by atomic mass is 9.33. The number of carbonyl (C=O) groups excluding carboxylic acids is 4. The summed E-state index contributed by atoms with van der Waals surface area (Å²) >= 11 is 0. The minimum absolute atomic E-state index is 0.0188. The number of carboxylic acids is 1. The SMILES string of the molecule is CC[C@@H]1O[C@@H](O[C@@H](C[C@H](O)CC(=O)O[C@@H](C[C@H](O)CC(=O)O[C@@H]2C(C)O[C@@H](OC(=O)[C@]34CCC(C)(C)CC3C3=CCC5[C@@]6(C)CC[C@H](O[C@@H]7OC(C(=O)O)[C@H](O)[C@H](O[C@@H]8OC[C@@H](O)[C@H](O)C8O)C7O[C@@H]7OC(CO)[C@H](O)[C@H](O)C7O)[C@@](C)(C=O)C6CC[C@@]5(C)[C@]3(C)C[C@H]4O)[C@H](O[C@@H]3OC(C)[C@H](OC4OCC(O)[C@H](OC5OCC(O)[C@H](O)[C@@H]5O)[C@@H]4O)[C@H](O)C3O)C2O)[C@@H](C)CC)[C@@H](C)CC)C(O)C1O. The van der Waals surface area contributed by atoms with E-state index in [1.807, 2.05) is 27.7 Å². The number of rotatable bonds is 34. The van der Waals surface area contributed by atoms with Gasteiger partial charge in [0, 0.05) is 12.8 Å². The second kappa shape index (κ2) is 44.5. The van der Waals surface area contributed by atoms with E-state index in [9.17, 15) is 132 Å². The number of aliphatic hydroxyl groups excluding tert-OH is 21. The zero-order valence-corrected chi connectivity index (χ0v) is 80.2. The zero-order chi connectivity index (χ0) is 101. The maximum atomic E-state index is 16.4. The largest absolute Gasteiger partial charge is 0.479 e. The van der Waals surface area contributed by atoms with Crippen molar-refractivity contribution < 1.29 is 222 Å². The molecule has 138 heavy (non-hydrogen) atoms. The van der Waals surface area contributed by atoms with Crippen molar-refractivity contribution in [2.75, 3.05) is 26.4 Å². The van der Waals surface area contributed by atoms with E-state index in [4.69, 9.17) is 85.3 Å². The van der Waals surface area contributed by atoms with Crippen molar-refractivity contribution in [3.05, 3.63) is 11.6 Å². The van der Waals surface area contributed by atoms with Crippen LogP contribution < -0.4 is 0 Å². The molecule has 18 unspecified atom stereocenters. The Morgan fingerprint density at radius 1 is 0.478 bits per heavy atom. The maximum Gasteiger partial charge on any atom is 0.335 e. The van der Waals surface area contributed by atoms with Crippen LogP contribution in [0.3, 0.4) is 0 Å². The summed E-state index contributed by atoms with van der Waals surface area (Å²) in [7, 11) is 0. The van der Waals surface area contributed by atoms with E-state index >= 15 is 4.79 Å². The van der Waals surface area contributed by atoms with Crippen molar-refractivity contribution in [1.82, 2.24) is 0 Å². The number of aliphatic hydroxyl groups is 21. The van der Waals surface area contributed by atoms with Crippen LogP contribution in [0.2, 0.25) is 0 Å². The molecule has 0 spiro atoms. The van der Waals surface area contributed by atoms with E-state index in [-0.39, 0.29) is 43.9 Å². The summed E-state index contributed by atoms with van der Waals surface area (Å²) in [6.07, 6.45) is -67.7. The molecule has 22 N–H and O–H groups in total. The molecule has 12 fully saturated rings. The number of hydrogen-bond acceptors (Lipinski definition) is 44. The van der Waals surface area contributed by atoms with Crippen molar-refractivity contribution in [2.45, 2.75) is 451 Å². The van der Waals surface area contributed by atoms with Crippen molar-refractivity contribution in [1.29, 1.82) is 0 Å². The molecule has 0 amide bonds. The Morgan fingerprint density at radius 2 is 1.00 bits per heavy atom. The molecule has 0 aromatic heterocycles. The second-order valence-electron chi connectivity index (χ2n) is 42.7. The number of fused-ring (bicyclic) bond motifs is 7. The Kier molecular flexibility index (Phi) is 35.8. The molecule has 45 nitrogen and oxygen atoms in total. The van der Waals surface area contributed by atoms with Gasteiger partial charge in [0.2, 0.25) is 6.29 Å². The highest BCUT2D eigenvalue weighted by atomic mass is 16.8. The molecule has 45 heteroatoms. The van der Waals surface area contributed by atoms with Crippen molar-refractivity contribution in [3.63, 3.8) is 0 Å². The van der Waals surface area contributed by atoms with Crippen molar-refractivity contribution in [2.24, 2.45) is 62.1 Å². The van der Waals surface area contributed by atoms with Gasteiger partial charge in [0.05, 0.1) is 93.5 Å². The van der Waals surface area contributed by atoms with E-state index in [0.717, 1.165) is 11.9 Å². The van der Waals surface area contributed by atoms with Gasteiger partial charge in [-0.1, -0.05) is 101 Å². The number of hydrogen-bond donors (Lipinski definition) is 22. The number of aldehydes is 1. The zero-order valence-electron chi connectivity index (χ0n) is 80.2. The standard InChI is InChI=1S/C93H150O45/c1-14-36(4)48(126-55(102)27-41(97)26-49(37(5)15-2)128-83-65(112)59(106)47(16-3)127-83)25-40(96)28-56(103)131-72-39(7)125-85(76(68(72)115)136-82-67(114)62(109)71(38(6)124-82)132-81-70(117)73(46(100)34-123-81)133-79-63(110)57(104)44(98)32-121-79)138-87(120)93-24-23-88(8,9)29-43(93)42-17-18-52-89(10)21-20-54(90(11,35-95)51(89)19-22-91(52,12)92(42,13)30-53(93)101)130-86-77(137-84-66(113)61(108)60(107)50(31-94)129-84)74(69(116)75(135-86)78(118)119)134-80-64(111)58(105)45(99)33-122-80/h17,35-41,43-54,57-77,79-86,94,96-101,104-117H,14-16,18-34H2,1-13H3,(H,118,119)/t36-,37-,38?,39?,40-,41-,43?,44?,45+,46?,47-,48-,49-,50?,51?,52?,53+,54-,57-,58-,59?,60-,61-,62+,63-,64?,65?,66?,67?,68?,69+,70-,71-,72+,73-,74-,75?,76+,77?,79?,80-,81?,82-,83-,84-,85-,86+,89-,90-,91+,92+,93+/m0/s1. The molecular weight excluding hydrogens is 1840 g/mol. The first-order valence-electron chi connectivity index (χ1n) is 48.7. The molecule has 0 aromatic carbocycles. The van der Waals surface area contributed by atoms with Gasteiger partial charge >= 0.3 is 23.9 Å². The highest BCUT2D eigenvalue weighted by molar-refractivity contribution is 5.80. The second-order valence-corrected chi connectivity index (χ2v) is 42.7. The maximum absolute atomic E-state index is 16.4. The summed E-state index contributed by atoms with van der Waals surface area (Å²) < 4.78 is 109. The molecule has 52 atom stereocenters. The monoisotopic (exact) mass is 1990 g/mol. The molecule has 8 heterocycles. The van der Waals surface area contributed by atoms with Gasteiger partial charge in [0.1, 0.15) is 152 Å². The third kappa shape index (κ3) is 21.7. The van der Waals surface area contributed by atoms with Gasteiger partial charge in [-0.2, -0.15) is 0 Å². The van der Waals surface area contributed by atoms with Crippen LogP contribution in [0.4, 0.5) is 0 Å². The van der Waals surface area contributed by atoms with Crippen LogP contribution in [-0.2, 0) is 109 Å². The minimum Gasteiger partial charge on any atom is -0.479 e. The van der Waals surface area contributed by atoms with Crippen LogP contribution in [0.25, 0.3) is 0 Å². The summed E-state index contributed by atoms with van der Waals surface area (Å²) in [5.74, 6) is -7.09.